The summed E-state index contributed by atoms with van der Waals surface area (Å²) in [4.78, 5) is 6.73. The highest BCUT2D eigenvalue weighted by atomic mass is 15.0. The molecule has 3 heteroatoms. The van der Waals surface area contributed by atoms with Gasteiger partial charge in [-0.15, -0.1) is 0 Å². The zero-order valence-electron chi connectivity index (χ0n) is 20.2. The molecular weight excluding hydrogens is 450 g/mol. The molecule has 0 atom stereocenters. The minimum atomic E-state index is 1.17. The van der Waals surface area contributed by atoms with Crippen molar-refractivity contribution in [3.8, 4) is 16.9 Å². The number of hydrogen-bond donors (Lipinski definition) is 2. The molecule has 0 amide bonds. The van der Waals surface area contributed by atoms with Crippen LogP contribution in [0.15, 0.2) is 140 Å². The molecule has 0 aliphatic rings. The smallest absolute Gasteiger partial charge is 0.0562 e. The van der Waals surface area contributed by atoms with Gasteiger partial charge in [-0.3, -0.25) is 0 Å². The summed E-state index contributed by atoms with van der Waals surface area (Å²) < 4.78 is 2.36. The van der Waals surface area contributed by atoms with Gasteiger partial charge >= 0.3 is 0 Å². The first-order valence-electron chi connectivity index (χ1n) is 12.5. The molecule has 0 saturated heterocycles. The van der Waals surface area contributed by atoms with Crippen LogP contribution >= 0.6 is 0 Å². The maximum absolute atomic E-state index is 3.58. The highest BCUT2D eigenvalue weighted by molar-refractivity contribution is 6.18. The number of fused-ring (bicyclic) bond motifs is 6. The van der Waals surface area contributed by atoms with Gasteiger partial charge in [0.25, 0.3) is 0 Å². The predicted octanol–water partition coefficient (Wildman–Crippen LogP) is 9.10. The van der Waals surface area contributed by atoms with Gasteiger partial charge in [-0.05, 0) is 54.1 Å². The van der Waals surface area contributed by atoms with E-state index in [2.05, 4.69) is 124 Å². The lowest BCUT2D eigenvalue weighted by Gasteiger charge is -2.07. The van der Waals surface area contributed by atoms with E-state index in [-0.39, 0.29) is 0 Å². The number of para-hydroxylation sites is 3. The third-order valence-corrected chi connectivity index (χ3v) is 7.00. The Morgan fingerprint density at radius 1 is 0.459 bits per heavy atom. The van der Waals surface area contributed by atoms with E-state index in [0.717, 1.165) is 0 Å². The van der Waals surface area contributed by atoms with E-state index >= 15 is 0 Å². The largest absolute Gasteiger partial charge is 0.361 e. The quantitative estimate of drug-likeness (QED) is 0.250. The normalized spacial score (nSPS) is 11.2. The molecule has 0 aliphatic carbocycles. The Balaban J connectivity index is 0.000000176. The fourth-order valence-corrected chi connectivity index (χ4v) is 5.30. The molecule has 37 heavy (non-hydrogen) atoms. The van der Waals surface area contributed by atoms with Crippen LogP contribution in [0.5, 0.6) is 0 Å². The van der Waals surface area contributed by atoms with Crippen molar-refractivity contribution in [2.24, 2.45) is 0 Å². The first-order valence-corrected chi connectivity index (χ1v) is 12.5. The summed E-state index contributed by atoms with van der Waals surface area (Å²) in [5, 5.41) is 5.14. The van der Waals surface area contributed by atoms with Crippen LogP contribution in [0.1, 0.15) is 0 Å². The lowest BCUT2D eigenvalue weighted by molar-refractivity contribution is 1.18. The number of rotatable bonds is 2. The summed E-state index contributed by atoms with van der Waals surface area (Å²) in [6.07, 6.45) is 1.93. The van der Waals surface area contributed by atoms with Crippen LogP contribution in [-0.4, -0.2) is 14.5 Å². The Morgan fingerprint density at radius 3 is 1.95 bits per heavy atom. The average Bonchev–Trinajstić information content (AvgIpc) is 3.70. The molecule has 5 aromatic carbocycles. The van der Waals surface area contributed by atoms with Crippen molar-refractivity contribution in [1.29, 1.82) is 0 Å². The Labute approximate surface area is 214 Å². The molecule has 0 unspecified atom stereocenters. The zero-order valence-corrected chi connectivity index (χ0v) is 20.2. The second kappa shape index (κ2) is 8.89. The molecule has 3 nitrogen and oxygen atoms in total. The molecule has 2 N–H and O–H groups in total. The Morgan fingerprint density at radius 2 is 1.16 bits per heavy atom. The van der Waals surface area contributed by atoms with Gasteiger partial charge < -0.3 is 14.5 Å². The summed E-state index contributed by atoms with van der Waals surface area (Å²) in [5.74, 6) is 0. The van der Waals surface area contributed by atoms with E-state index in [0.29, 0.717) is 0 Å². The van der Waals surface area contributed by atoms with Gasteiger partial charge in [0.15, 0.2) is 0 Å². The van der Waals surface area contributed by atoms with Gasteiger partial charge in [0.05, 0.1) is 11.0 Å². The van der Waals surface area contributed by atoms with Crippen molar-refractivity contribution in [3.63, 3.8) is 0 Å². The zero-order chi connectivity index (χ0) is 24.6. The van der Waals surface area contributed by atoms with Crippen LogP contribution in [0.4, 0.5) is 0 Å². The number of H-pyrrole nitrogens is 2. The van der Waals surface area contributed by atoms with Gasteiger partial charge in [-0.25, -0.2) is 0 Å². The molecule has 0 bridgehead atoms. The van der Waals surface area contributed by atoms with Crippen molar-refractivity contribution >= 4 is 43.6 Å². The van der Waals surface area contributed by atoms with E-state index in [1.807, 2.05) is 30.5 Å². The van der Waals surface area contributed by atoms with Crippen molar-refractivity contribution in [2.45, 2.75) is 0 Å². The van der Waals surface area contributed by atoms with Gasteiger partial charge in [0, 0.05) is 50.2 Å². The number of aromatic nitrogens is 3. The van der Waals surface area contributed by atoms with Crippen LogP contribution in [0.2, 0.25) is 0 Å². The molecule has 0 radical (unpaired) electrons. The van der Waals surface area contributed by atoms with Gasteiger partial charge in [0.1, 0.15) is 0 Å². The maximum Gasteiger partial charge on any atom is 0.0562 e. The highest BCUT2D eigenvalue weighted by Gasteiger charge is 2.14. The molecule has 8 rings (SSSR count). The summed E-state index contributed by atoms with van der Waals surface area (Å²) >= 11 is 0. The summed E-state index contributed by atoms with van der Waals surface area (Å²) in [7, 11) is 0. The van der Waals surface area contributed by atoms with E-state index in [1.54, 1.807) is 0 Å². The number of aromatic amines is 2. The number of benzene rings is 5. The molecule has 0 saturated carbocycles. The van der Waals surface area contributed by atoms with Gasteiger partial charge in [-0.1, -0.05) is 84.9 Å². The Bertz CT molecular complexity index is 1960. The highest BCUT2D eigenvalue weighted by Crippen LogP contribution is 2.36. The van der Waals surface area contributed by atoms with Crippen LogP contribution < -0.4 is 0 Å². The number of nitrogens with zero attached hydrogens (tertiary/aromatic N) is 1. The fourth-order valence-electron chi connectivity index (χ4n) is 5.30. The second-order valence-electron chi connectivity index (χ2n) is 9.22. The third kappa shape index (κ3) is 3.69. The summed E-state index contributed by atoms with van der Waals surface area (Å²) in [6, 6.07) is 46.7. The Hall–Kier alpha value is -5.02. The molecule has 0 spiro atoms. The molecule has 8 aromatic rings. The van der Waals surface area contributed by atoms with Gasteiger partial charge in [-0.2, -0.15) is 0 Å². The van der Waals surface area contributed by atoms with E-state index < -0.39 is 0 Å². The van der Waals surface area contributed by atoms with Crippen LogP contribution in [0.3, 0.4) is 0 Å². The van der Waals surface area contributed by atoms with E-state index in [9.17, 15) is 0 Å². The molecule has 176 valence electrons. The van der Waals surface area contributed by atoms with Gasteiger partial charge in [0.2, 0.25) is 0 Å². The first-order chi connectivity index (χ1) is 18.4. The lowest BCUT2D eigenvalue weighted by atomic mass is 10.1. The number of nitrogens with one attached hydrogen (secondary N) is 2. The Kier molecular flexibility index (Phi) is 5.11. The molecular formula is C34H25N3. The monoisotopic (exact) mass is 475 g/mol. The van der Waals surface area contributed by atoms with E-state index in [4.69, 9.17) is 0 Å². The second-order valence-corrected chi connectivity index (χ2v) is 9.22. The summed E-state index contributed by atoms with van der Waals surface area (Å²) in [6.45, 7) is 0. The van der Waals surface area contributed by atoms with Crippen molar-refractivity contribution in [2.75, 3.05) is 0 Å². The topological polar surface area (TPSA) is 36.5 Å². The maximum atomic E-state index is 3.58. The van der Waals surface area contributed by atoms with Crippen LogP contribution in [0.25, 0.3) is 60.6 Å². The van der Waals surface area contributed by atoms with Crippen molar-refractivity contribution in [3.05, 3.63) is 140 Å². The molecule has 0 aliphatic heterocycles. The van der Waals surface area contributed by atoms with E-state index in [1.165, 1.54) is 60.6 Å². The average molecular weight is 476 g/mol. The fraction of sp³-hybridized carbons (Fsp3) is 0. The molecule has 0 fully saturated rings. The molecule has 3 aromatic heterocycles. The third-order valence-electron chi connectivity index (χ3n) is 7.00. The first kappa shape index (κ1) is 21.3. The van der Waals surface area contributed by atoms with Crippen LogP contribution in [0, 0.1) is 0 Å². The molecule has 3 heterocycles. The minimum Gasteiger partial charge on any atom is -0.361 e. The predicted molar refractivity (Wildman–Crippen MR) is 156 cm³/mol. The van der Waals surface area contributed by atoms with Crippen molar-refractivity contribution in [1.82, 2.24) is 14.5 Å². The SMILES string of the molecule is c1ccc(-c2ccc[nH]2)cc1.c1ccc(-n2c3ccccc3c3cc4c(cc32)[nH]c2ccccc24)cc1. The summed E-state index contributed by atoms with van der Waals surface area (Å²) in [5.41, 5.74) is 8.43. The number of hydrogen-bond acceptors (Lipinski definition) is 0. The van der Waals surface area contributed by atoms with Crippen LogP contribution in [-0.2, 0) is 0 Å². The minimum absolute atomic E-state index is 1.17. The van der Waals surface area contributed by atoms with Crippen molar-refractivity contribution < 1.29 is 0 Å². The lowest BCUT2D eigenvalue weighted by Crippen LogP contribution is -1.92. The standard InChI is InChI=1S/C24H16N2.C10H9N/c1-2-8-16(9-3-1)26-23-13-7-5-11-18(23)20-14-19-17-10-4-6-12-21(17)25-22(19)15-24(20)26;1-2-5-9(6-3-1)10-7-4-8-11-10/h1-15,25H;1-8,11H.